The molecule has 164 valence electrons. The minimum absolute atomic E-state index is 0.841. The third kappa shape index (κ3) is 4.57. The van der Waals surface area contributed by atoms with E-state index < -0.39 is 7.92 Å². The summed E-state index contributed by atoms with van der Waals surface area (Å²) in [5.41, 5.74) is 5.37. The third-order valence-electron chi connectivity index (χ3n) is 5.70. The first-order valence-electron chi connectivity index (χ1n) is 11.0. The van der Waals surface area contributed by atoms with Crippen molar-refractivity contribution in [2.75, 3.05) is 45.1 Å². The molecule has 1 unspecified atom stereocenters. The van der Waals surface area contributed by atoms with Crippen LogP contribution in [0.15, 0.2) is 60.7 Å². The topological polar surface area (TPSA) is 15.7 Å². The predicted octanol–water partition coefficient (Wildman–Crippen LogP) is 4.71. The molecule has 0 heterocycles. The first kappa shape index (κ1) is 23.2. The van der Waals surface area contributed by atoms with E-state index in [-0.39, 0.29) is 0 Å². The Kier molecular flexibility index (Phi) is 7.62. The van der Waals surface area contributed by atoms with Gasteiger partial charge in [0.2, 0.25) is 0 Å². The van der Waals surface area contributed by atoms with E-state index in [1.807, 2.05) is 0 Å². The van der Waals surface area contributed by atoms with Crippen LogP contribution in [-0.2, 0) is 12.8 Å². The summed E-state index contributed by atoms with van der Waals surface area (Å²) >= 11 is 0. The van der Waals surface area contributed by atoms with Crippen LogP contribution < -0.4 is 30.5 Å². The van der Waals surface area contributed by atoms with Gasteiger partial charge in [-0.3, -0.25) is 0 Å². The van der Waals surface area contributed by atoms with E-state index >= 15 is 0 Å². The van der Waals surface area contributed by atoms with Gasteiger partial charge in [-0.25, -0.2) is 0 Å². The normalized spacial score (nSPS) is 11.8. The zero-order valence-corrected chi connectivity index (χ0v) is 20.8. The number of ether oxygens (including phenoxy) is 1. The summed E-state index contributed by atoms with van der Waals surface area (Å²) in [6.45, 7) is 4.53. The van der Waals surface area contributed by atoms with Crippen LogP contribution >= 0.6 is 7.92 Å². The van der Waals surface area contributed by atoms with Crippen molar-refractivity contribution in [3.8, 4) is 5.75 Å². The largest absolute Gasteiger partial charge is 0.496 e. The second-order valence-electron chi connectivity index (χ2n) is 8.07. The Bertz CT molecular complexity index is 981. The summed E-state index contributed by atoms with van der Waals surface area (Å²) in [6, 6.07) is 22.0. The van der Waals surface area contributed by atoms with Gasteiger partial charge in [-0.1, -0.05) is 56.3 Å². The van der Waals surface area contributed by atoms with Gasteiger partial charge in [0.25, 0.3) is 0 Å². The van der Waals surface area contributed by atoms with Crippen LogP contribution in [0.2, 0.25) is 0 Å². The van der Waals surface area contributed by atoms with Gasteiger partial charge in [0.1, 0.15) is 5.75 Å². The molecule has 3 aromatic carbocycles. The maximum Gasteiger partial charge on any atom is 0.127 e. The molecule has 0 aliphatic rings. The lowest BCUT2D eigenvalue weighted by atomic mass is 10.1. The maximum atomic E-state index is 5.91. The molecule has 3 nitrogen and oxygen atoms in total. The molecule has 0 saturated heterocycles. The summed E-state index contributed by atoms with van der Waals surface area (Å²) in [4.78, 5) is 4.49. The molecule has 0 aliphatic heterocycles. The van der Waals surface area contributed by atoms with E-state index in [1.165, 1.54) is 38.4 Å². The van der Waals surface area contributed by atoms with Crippen molar-refractivity contribution < 1.29 is 4.74 Å². The van der Waals surface area contributed by atoms with Crippen molar-refractivity contribution in [1.29, 1.82) is 0 Å². The van der Waals surface area contributed by atoms with Gasteiger partial charge in [-0.15, -0.1) is 0 Å². The molecule has 0 saturated carbocycles. The minimum atomic E-state index is -0.841. The summed E-state index contributed by atoms with van der Waals surface area (Å²) in [7, 11) is 9.50. The quantitative estimate of drug-likeness (QED) is 0.478. The fourth-order valence-electron chi connectivity index (χ4n) is 4.14. The second-order valence-corrected chi connectivity index (χ2v) is 10.1. The van der Waals surface area contributed by atoms with Crippen LogP contribution in [0.25, 0.3) is 0 Å². The number of benzene rings is 3. The van der Waals surface area contributed by atoms with Crippen LogP contribution in [0.5, 0.6) is 5.75 Å². The highest BCUT2D eigenvalue weighted by molar-refractivity contribution is 7.80. The molecule has 0 aliphatic carbocycles. The number of aryl methyl sites for hydroxylation is 2. The van der Waals surface area contributed by atoms with Crippen molar-refractivity contribution >= 4 is 35.2 Å². The van der Waals surface area contributed by atoms with Crippen molar-refractivity contribution in [3.05, 3.63) is 71.8 Å². The van der Waals surface area contributed by atoms with Crippen molar-refractivity contribution in [1.82, 2.24) is 0 Å². The average Bonchev–Trinajstić information content (AvgIpc) is 2.79. The highest BCUT2D eigenvalue weighted by Crippen LogP contribution is 2.44. The van der Waals surface area contributed by atoms with E-state index in [0.717, 1.165) is 18.6 Å². The molecule has 3 aromatic rings. The third-order valence-corrected chi connectivity index (χ3v) is 8.47. The molecule has 0 spiro atoms. The summed E-state index contributed by atoms with van der Waals surface area (Å²) in [5.74, 6) is 0.958. The lowest BCUT2D eigenvalue weighted by molar-refractivity contribution is 0.418. The molecule has 0 N–H and O–H groups in total. The van der Waals surface area contributed by atoms with Crippen LogP contribution in [0.1, 0.15) is 25.0 Å². The zero-order chi connectivity index (χ0) is 22.5. The van der Waals surface area contributed by atoms with Crippen molar-refractivity contribution in [2.24, 2.45) is 0 Å². The van der Waals surface area contributed by atoms with Gasteiger partial charge in [0.15, 0.2) is 0 Å². The van der Waals surface area contributed by atoms with E-state index in [0.29, 0.717) is 0 Å². The van der Waals surface area contributed by atoms with Crippen molar-refractivity contribution in [2.45, 2.75) is 26.7 Å². The first-order chi connectivity index (χ1) is 14.9. The van der Waals surface area contributed by atoms with Gasteiger partial charge in [0.05, 0.1) is 7.11 Å². The van der Waals surface area contributed by atoms with Crippen LogP contribution in [0, 0.1) is 0 Å². The number of methoxy groups -OCH3 is 1. The Labute approximate surface area is 189 Å². The maximum absolute atomic E-state index is 5.91. The monoisotopic (exact) mass is 434 g/mol. The van der Waals surface area contributed by atoms with E-state index in [1.54, 1.807) is 7.11 Å². The van der Waals surface area contributed by atoms with E-state index in [2.05, 4.69) is 113 Å². The van der Waals surface area contributed by atoms with Gasteiger partial charge >= 0.3 is 0 Å². The standard InChI is InChI=1S/C27H35N2OP/c1-8-20-14-12-15-21(9-2)26(20)31(25-19-11-10-18-24(25)30-7)27-22(28(3)4)16-13-17-23(27)29(5)6/h10-19H,8-9H2,1-7H3. The van der Waals surface area contributed by atoms with Crippen LogP contribution in [-0.4, -0.2) is 35.3 Å². The highest BCUT2D eigenvalue weighted by Gasteiger charge is 2.29. The molecule has 0 amide bonds. The molecule has 0 radical (unpaired) electrons. The van der Waals surface area contributed by atoms with Gasteiger partial charge in [0, 0.05) is 50.2 Å². The Morgan fingerprint density at radius 1 is 0.677 bits per heavy atom. The zero-order valence-electron chi connectivity index (χ0n) is 19.9. The first-order valence-corrected chi connectivity index (χ1v) is 12.3. The lowest BCUT2D eigenvalue weighted by Crippen LogP contribution is -2.33. The summed E-state index contributed by atoms with van der Waals surface area (Å²) < 4.78 is 5.91. The molecule has 0 bridgehead atoms. The van der Waals surface area contributed by atoms with Gasteiger partial charge < -0.3 is 14.5 Å². The average molecular weight is 435 g/mol. The number of hydrogen-bond acceptors (Lipinski definition) is 3. The Hall–Kier alpha value is -2.51. The highest BCUT2D eigenvalue weighted by atomic mass is 31.1. The van der Waals surface area contributed by atoms with Gasteiger partial charge in [-0.05, 0) is 55.4 Å². The SMILES string of the molecule is CCc1cccc(CC)c1P(c1ccccc1OC)c1c(N(C)C)cccc1N(C)C. The van der Waals surface area contributed by atoms with Crippen molar-refractivity contribution in [3.63, 3.8) is 0 Å². The molecule has 0 aromatic heterocycles. The fourth-order valence-corrected chi connectivity index (χ4v) is 7.51. The summed E-state index contributed by atoms with van der Waals surface area (Å²) in [5, 5.41) is 4.13. The van der Waals surface area contributed by atoms with E-state index in [9.17, 15) is 0 Å². The molecule has 1 atom stereocenters. The van der Waals surface area contributed by atoms with Gasteiger partial charge in [-0.2, -0.15) is 0 Å². The lowest BCUT2D eigenvalue weighted by Gasteiger charge is -2.32. The van der Waals surface area contributed by atoms with Crippen LogP contribution in [0.3, 0.4) is 0 Å². The summed E-state index contributed by atoms with van der Waals surface area (Å²) in [6.07, 6.45) is 2.02. The van der Waals surface area contributed by atoms with E-state index in [4.69, 9.17) is 4.74 Å². The molecule has 31 heavy (non-hydrogen) atoms. The number of hydrogen-bond donors (Lipinski definition) is 0. The molecular weight excluding hydrogens is 399 g/mol. The smallest absolute Gasteiger partial charge is 0.127 e. The molecule has 4 heteroatoms. The number of rotatable bonds is 8. The van der Waals surface area contributed by atoms with Crippen LogP contribution in [0.4, 0.5) is 11.4 Å². The Morgan fingerprint density at radius 2 is 1.19 bits per heavy atom. The second kappa shape index (κ2) is 10.2. The Balaban J connectivity index is 2.50. The fraction of sp³-hybridized carbons (Fsp3) is 0.333. The molecule has 0 fully saturated rings. The Morgan fingerprint density at radius 3 is 1.68 bits per heavy atom. The molecule has 3 rings (SSSR count). The number of para-hydroxylation sites is 1. The number of nitrogens with zero attached hydrogens (tertiary/aromatic N) is 2. The predicted molar refractivity (Wildman–Crippen MR) is 139 cm³/mol. The minimum Gasteiger partial charge on any atom is -0.496 e. The molecular formula is C27H35N2OP. The number of anilines is 2.